The molecule has 5 nitrogen and oxygen atoms in total. The highest BCUT2D eigenvalue weighted by molar-refractivity contribution is 5.88. The Labute approximate surface area is 92.8 Å². The number of rotatable bonds is 4. The zero-order valence-electron chi connectivity index (χ0n) is 8.78. The summed E-state index contributed by atoms with van der Waals surface area (Å²) < 4.78 is 9.71. The van der Waals surface area contributed by atoms with Gasteiger partial charge in [-0.3, -0.25) is 4.79 Å². The van der Waals surface area contributed by atoms with Gasteiger partial charge in [-0.05, 0) is 19.1 Å². The van der Waals surface area contributed by atoms with Gasteiger partial charge in [0.2, 0.25) is 5.76 Å². The monoisotopic (exact) mass is 221 g/mol. The number of esters is 1. The smallest absolute Gasteiger partial charge is 0.374 e. The van der Waals surface area contributed by atoms with Crippen LogP contribution in [-0.2, 0) is 9.53 Å². The van der Waals surface area contributed by atoms with E-state index in [2.05, 4.69) is 16.0 Å². The highest BCUT2D eigenvalue weighted by atomic mass is 16.5. The molecule has 0 bridgehead atoms. The number of ether oxygens (including phenoxy) is 1. The minimum absolute atomic E-state index is 0.0715. The molecule has 0 spiro atoms. The highest BCUT2D eigenvalue weighted by Crippen LogP contribution is 2.07. The normalized spacial score (nSPS) is 9.25. The quantitative estimate of drug-likeness (QED) is 0.593. The summed E-state index contributed by atoms with van der Waals surface area (Å²) in [5.41, 5.74) is 0. The number of amides is 1. The van der Waals surface area contributed by atoms with Crippen LogP contribution in [-0.4, -0.2) is 25.0 Å². The minimum Gasteiger partial charge on any atom is -0.454 e. The maximum Gasteiger partial charge on any atom is 0.374 e. The Kier molecular flexibility index (Phi) is 4.16. The number of terminal acetylenes is 1. The van der Waals surface area contributed by atoms with Crippen LogP contribution < -0.4 is 5.32 Å². The second-order valence-electron chi connectivity index (χ2n) is 2.97. The second-order valence-corrected chi connectivity index (χ2v) is 2.97. The summed E-state index contributed by atoms with van der Waals surface area (Å²) in [4.78, 5) is 22.3. The average molecular weight is 221 g/mol. The number of carbonyl (C=O) groups is 2. The molecule has 0 aliphatic carbocycles. The van der Waals surface area contributed by atoms with Gasteiger partial charge < -0.3 is 14.5 Å². The number of hydrogen-bond acceptors (Lipinski definition) is 4. The molecule has 1 amide bonds. The van der Waals surface area contributed by atoms with E-state index in [-0.39, 0.29) is 18.9 Å². The Bertz CT molecular complexity index is 427. The fourth-order valence-corrected chi connectivity index (χ4v) is 0.947. The summed E-state index contributed by atoms with van der Waals surface area (Å²) in [5, 5.41) is 2.36. The lowest BCUT2D eigenvalue weighted by Gasteiger charge is -2.02. The van der Waals surface area contributed by atoms with Crippen LogP contribution in [0.25, 0.3) is 0 Å². The maximum atomic E-state index is 11.3. The van der Waals surface area contributed by atoms with Crippen LogP contribution >= 0.6 is 0 Å². The van der Waals surface area contributed by atoms with E-state index in [0.717, 1.165) is 0 Å². The molecule has 16 heavy (non-hydrogen) atoms. The first-order valence-electron chi connectivity index (χ1n) is 4.57. The first kappa shape index (κ1) is 11.9. The van der Waals surface area contributed by atoms with Gasteiger partial charge in [-0.15, -0.1) is 6.42 Å². The number of nitrogens with one attached hydrogen (secondary N) is 1. The molecule has 0 aliphatic rings. The van der Waals surface area contributed by atoms with Crippen LogP contribution in [0, 0.1) is 19.3 Å². The van der Waals surface area contributed by atoms with Crippen molar-refractivity contribution in [3.8, 4) is 12.3 Å². The molecule has 1 aromatic rings. The molecule has 0 fully saturated rings. The van der Waals surface area contributed by atoms with E-state index in [4.69, 9.17) is 10.8 Å². The van der Waals surface area contributed by atoms with Crippen molar-refractivity contribution in [3.05, 3.63) is 23.7 Å². The van der Waals surface area contributed by atoms with Gasteiger partial charge in [0.05, 0.1) is 6.54 Å². The molecule has 0 aromatic carbocycles. The van der Waals surface area contributed by atoms with Crippen molar-refractivity contribution in [2.45, 2.75) is 6.92 Å². The molecular formula is C11H11NO4. The van der Waals surface area contributed by atoms with Crippen molar-refractivity contribution in [1.82, 2.24) is 5.32 Å². The predicted molar refractivity (Wildman–Crippen MR) is 55.6 cm³/mol. The minimum atomic E-state index is -0.677. The van der Waals surface area contributed by atoms with Crippen LogP contribution in [0.4, 0.5) is 0 Å². The number of furan rings is 1. The molecule has 1 aromatic heterocycles. The largest absolute Gasteiger partial charge is 0.454 e. The topological polar surface area (TPSA) is 68.5 Å². The van der Waals surface area contributed by atoms with Crippen LogP contribution in [0.1, 0.15) is 16.3 Å². The molecule has 1 N–H and O–H groups in total. The van der Waals surface area contributed by atoms with E-state index in [9.17, 15) is 9.59 Å². The first-order chi connectivity index (χ1) is 7.63. The van der Waals surface area contributed by atoms with Gasteiger partial charge in [-0.1, -0.05) is 5.92 Å². The molecule has 84 valence electrons. The summed E-state index contributed by atoms with van der Waals surface area (Å²) in [6.45, 7) is 1.44. The van der Waals surface area contributed by atoms with Crippen molar-refractivity contribution in [2.75, 3.05) is 13.2 Å². The van der Waals surface area contributed by atoms with Crippen molar-refractivity contribution < 1.29 is 18.7 Å². The van der Waals surface area contributed by atoms with Gasteiger partial charge >= 0.3 is 5.97 Å². The predicted octanol–water partition coefficient (Wildman–Crippen LogP) is 0.494. The van der Waals surface area contributed by atoms with Gasteiger partial charge in [0.15, 0.2) is 6.61 Å². The van der Waals surface area contributed by atoms with E-state index in [1.807, 2.05) is 0 Å². The summed E-state index contributed by atoms with van der Waals surface area (Å²) in [7, 11) is 0. The third kappa shape index (κ3) is 3.50. The van der Waals surface area contributed by atoms with E-state index in [1.165, 1.54) is 6.07 Å². The second kappa shape index (κ2) is 5.61. The Morgan fingerprint density at radius 1 is 1.56 bits per heavy atom. The molecule has 0 saturated carbocycles. The average Bonchev–Trinajstić information content (AvgIpc) is 2.69. The van der Waals surface area contributed by atoms with Gasteiger partial charge in [0, 0.05) is 0 Å². The Morgan fingerprint density at radius 2 is 2.31 bits per heavy atom. The van der Waals surface area contributed by atoms with Gasteiger partial charge in [0.1, 0.15) is 5.76 Å². The molecule has 0 radical (unpaired) electrons. The van der Waals surface area contributed by atoms with Crippen LogP contribution in [0.5, 0.6) is 0 Å². The fourth-order valence-electron chi connectivity index (χ4n) is 0.947. The number of hydrogen-bond donors (Lipinski definition) is 1. The van der Waals surface area contributed by atoms with Gasteiger partial charge in [0.25, 0.3) is 5.91 Å². The molecule has 0 aliphatic heterocycles. The van der Waals surface area contributed by atoms with Crippen molar-refractivity contribution in [1.29, 1.82) is 0 Å². The fraction of sp³-hybridized carbons (Fsp3) is 0.273. The van der Waals surface area contributed by atoms with Crippen molar-refractivity contribution in [2.24, 2.45) is 0 Å². The molecule has 1 heterocycles. The van der Waals surface area contributed by atoms with Crippen LogP contribution in [0.15, 0.2) is 16.5 Å². The zero-order chi connectivity index (χ0) is 12.0. The van der Waals surface area contributed by atoms with Crippen molar-refractivity contribution >= 4 is 11.9 Å². The number of aryl methyl sites for hydroxylation is 1. The third-order valence-corrected chi connectivity index (χ3v) is 1.66. The number of carbonyl (C=O) groups excluding carboxylic acids is 2. The lowest BCUT2D eigenvalue weighted by molar-refractivity contribution is -0.124. The Hall–Kier alpha value is -2.22. The first-order valence-corrected chi connectivity index (χ1v) is 4.57. The molecule has 0 unspecified atom stereocenters. The van der Waals surface area contributed by atoms with Gasteiger partial charge in [-0.2, -0.15) is 0 Å². The summed E-state index contributed by atoms with van der Waals surface area (Å²) in [6, 6.07) is 3.12. The van der Waals surface area contributed by atoms with E-state index in [1.54, 1.807) is 13.0 Å². The molecular weight excluding hydrogens is 210 g/mol. The maximum absolute atomic E-state index is 11.3. The van der Waals surface area contributed by atoms with Crippen LogP contribution in [0.3, 0.4) is 0 Å². The summed E-state index contributed by atoms with van der Waals surface area (Å²) in [6.07, 6.45) is 4.94. The summed E-state index contributed by atoms with van der Waals surface area (Å²) >= 11 is 0. The van der Waals surface area contributed by atoms with E-state index < -0.39 is 11.9 Å². The Morgan fingerprint density at radius 3 is 2.88 bits per heavy atom. The SMILES string of the molecule is C#CCNC(=O)COC(=O)c1ccc(C)o1. The molecule has 0 saturated heterocycles. The van der Waals surface area contributed by atoms with E-state index >= 15 is 0 Å². The van der Waals surface area contributed by atoms with E-state index in [0.29, 0.717) is 5.76 Å². The molecule has 0 atom stereocenters. The Balaban J connectivity index is 2.36. The lowest BCUT2D eigenvalue weighted by atomic mass is 10.4. The molecule has 1 rings (SSSR count). The highest BCUT2D eigenvalue weighted by Gasteiger charge is 2.12. The lowest BCUT2D eigenvalue weighted by Crippen LogP contribution is -2.28. The van der Waals surface area contributed by atoms with Gasteiger partial charge in [-0.25, -0.2) is 4.79 Å². The standard InChI is InChI=1S/C11H11NO4/c1-3-6-12-10(13)7-15-11(14)9-5-4-8(2)16-9/h1,4-5H,6-7H2,2H3,(H,12,13). The summed E-state index contributed by atoms with van der Waals surface area (Å²) in [5.74, 6) is 1.78. The third-order valence-electron chi connectivity index (χ3n) is 1.66. The van der Waals surface area contributed by atoms with Crippen LogP contribution in [0.2, 0.25) is 0 Å². The van der Waals surface area contributed by atoms with Crippen molar-refractivity contribution in [3.63, 3.8) is 0 Å². The molecule has 5 heteroatoms. The zero-order valence-corrected chi connectivity index (χ0v) is 8.78.